The Bertz CT molecular complexity index is 443. The van der Waals surface area contributed by atoms with E-state index >= 15 is 0 Å². The quantitative estimate of drug-likeness (QED) is 0.749. The molecule has 1 amide bonds. The maximum absolute atomic E-state index is 12.0. The van der Waals surface area contributed by atoms with Gasteiger partial charge in [0.05, 0.1) is 17.9 Å². The van der Waals surface area contributed by atoms with E-state index in [2.05, 4.69) is 5.32 Å². The minimum Gasteiger partial charge on any atom is -0.497 e. The van der Waals surface area contributed by atoms with Crippen LogP contribution in [0.15, 0.2) is 29.2 Å². The van der Waals surface area contributed by atoms with E-state index in [0.717, 1.165) is 23.5 Å². The molecule has 1 aromatic rings. The first-order chi connectivity index (χ1) is 9.54. The summed E-state index contributed by atoms with van der Waals surface area (Å²) in [6.45, 7) is 4.39. The summed E-state index contributed by atoms with van der Waals surface area (Å²) >= 11 is 0. The number of nitrogens with one attached hydrogen (secondary N) is 1. The molecule has 4 nitrogen and oxygen atoms in total. The fourth-order valence-electron chi connectivity index (χ4n) is 1.62. The van der Waals surface area contributed by atoms with E-state index in [1.165, 1.54) is 0 Å². The van der Waals surface area contributed by atoms with E-state index in [-0.39, 0.29) is 11.8 Å². The molecule has 0 spiro atoms. The predicted octanol–water partition coefficient (Wildman–Crippen LogP) is 2.36. The molecule has 112 valence electrons. The number of unbranched alkanes of at least 4 members (excludes halogenated alkanes) is 1. The van der Waals surface area contributed by atoms with Gasteiger partial charge in [-0.05, 0) is 37.1 Å². The topological polar surface area (TPSA) is 55.4 Å². The van der Waals surface area contributed by atoms with Gasteiger partial charge in [0.1, 0.15) is 5.75 Å². The molecule has 0 aliphatic carbocycles. The van der Waals surface area contributed by atoms with Crippen LogP contribution in [0.1, 0.15) is 26.7 Å². The fourth-order valence-corrected chi connectivity index (χ4v) is 2.76. The predicted molar refractivity (Wildman–Crippen MR) is 81.4 cm³/mol. The van der Waals surface area contributed by atoms with Gasteiger partial charge in [-0.15, -0.1) is 0 Å². The third-order valence-electron chi connectivity index (χ3n) is 2.90. The molecule has 1 unspecified atom stereocenters. The van der Waals surface area contributed by atoms with Crippen LogP contribution in [-0.2, 0) is 15.6 Å². The average molecular weight is 297 g/mol. The highest BCUT2D eigenvalue weighted by Crippen LogP contribution is 2.14. The number of amides is 1. The van der Waals surface area contributed by atoms with Crippen LogP contribution in [-0.4, -0.2) is 29.5 Å². The van der Waals surface area contributed by atoms with Crippen LogP contribution in [0.2, 0.25) is 0 Å². The molecular formula is C15H23NO3S. The van der Waals surface area contributed by atoms with Gasteiger partial charge in [-0.2, -0.15) is 0 Å². The summed E-state index contributed by atoms with van der Waals surface area (Å²) in [6.07, 6.45) is 1.68. The zero-order valence-electron chi connectivity index (χ0n) is 12.3. The molecule has 0 aliphatic heterocycles. The fraction of sp³-hybridized carbons (Fsp3) is 0.533. The zero-order valence-corrected chi connectivity index (χ0v) is 13.2. The molecule has 1 atom stereocenters. The SMILES string of the molecule is COc1ccc(S(=O)CCCCNC(=O)C(C)C)cc1. The summed E-state index contributed by atoms with van der Waals surface area (Å²) in [6, 6.07) is 7.29. The smallest absolute Gasteiger partial charge is 0.222 e. The Labute approximate surface area is 123 Å². The van der Waals surface area contributed by atoms with Gasteiger partial charge in [0, 0.05) is 23.1 Å². The van der Waals surface area contributed by atoms with Crippen molar-refractivity contribution in [3.63, 3.8) is 0 Å². The third kappa shape index (κ3) is 5.74. The average Bonchev–Trinajstić information content (AvgIpc) is 2.46. The lowest BCUT2D eigenvalue weighted by Crippen LogP contribution is -2.28. The van der Waals surface area contributed by atoms with Gasteiger partial charge in [-0.25, -0.2) is 0 Å². The first kappa shape index (κ1) is 16.7. The van der Waals surface area contributed by atoms with Crippen molar-refractivity contribution >= 4 is 16.7 Å². The van der Waals surface area contributed by atoms with Gasteiger partial charge in [-0.3, -0.25) is 9.00 Å². The standard InChI is InChI=1S/C15H23NO3S/c1-12(2)15(17)16-10-4-5-11-20(18)14-8-6-13(19-3)7-9-14/h6-9,12H,4-5,10-11H2,1-3H3,(H,16,17). The van der Waals surface area contributed by atoms with Gasteiger partial charge < -0.3 is 10.1 Å². The molecule has 0 heterocycles. The number of hydrogen-bond acceptors (Lipinski definition) is 3. The van der Waals surface area contributed by atoms with E-state index in [1.54, 1.807) is 7.11 Å². The van der Waals surface area contributed by atoms with Crippen molar-refractivity contribution in [2.45, 2.75) is 31.6 Å². The van der Waals surface area contributed by atoms with Crippen molar-refractivity contribution in [3.8, 4) is 5.75 Å². The number of hydrogen-bond donors (Lipinski definition) is 1. The van der Waals surface area contributed by atoms with Crippen LogP contribution in [0.4, 0.5) is 0 Å². The minimum atomic E-state index is -0.985. The van der Waals surface area contributed by atoms with E-state index in [1.807, 2.05) is 38.1 Å². The second kappa shape index (κ2) is 8.74. The first-order valence-corrected chi connectivity index (χ1v) is 8.16. The minimum absolute atomic E-state index is 0.0171. The number of rotatable bonds is 8. The molecule has 0 aliphatic rings. The molecule has 1 aromatic carbocycles. The summed E-state index contributed by atoms with van der Waals surface area (Å²) in [4.78, 5) is 12.2. The lowest BCUT2D eigenvalue weighted by Gasteiger charge is -2.07. The van der Waals surface area contributed by atoms with Gasteiger partial charge in [-0.1, -0.05) is 13.8 Å². The van der Waals surface area contributed by atoms with Crippen molar-refractivity contribution < 1.29 is 13.7 Å². The monoisotopic (exact) mass is 297 g/mol. The van der Waals surface area contributed by atoms with Gasteiger partial charge >= 0.3 is 0 Å². The lowest BCUT2D eigenvalue weighted by molar-refractivity contribution is -0.123. The Balaban J connectivity index is 2.24. The van der Waals surface area contributed by atoms with E-state index in [9.17, 15) is 9.00 Å². The molecule has 0 radical (unpaired) electrons. The van der Waals surface area contributed by atoms with E-state index < -0.39 is 10.8 Å². The summed E-state index contributed by atoms with van der Waals surface area (Å²) in [7, 11) is 0.624. The van der Waals surface area contributed by atoms with E-state index in [4.69, 9.17) is 4.74 Å². The van der Waals surface area contributed by atoms with Crippen LogP contribution in [0.3, 0.4) is 0 Å². The number of benzene rings is 1. The Kier molecular flexibility index (Phi) is 7.30. The molecular weight excluding hydrogens is 274 g/mol. The van der Waals surface area contributed by atoms with E-state index in [0.29, 0.717) is 12.3 Å². The number of methoxy groups -OCH3 is 1. The first-order valence-electron chi connectivity index (χ1n) is 6.84. The largest absolute Gasteiger partial charge is 0.497 e. The number of ether oxygens (including phenoxy) is 1. The molecule has 1 rings (SSSR count). The van der Waals surface area contributed by atoms with Crippen LogP contribution < -0.4 is 10.1 Å². The van der Waals surface area contributed by atoms with Crippen molar-refractivity contribution in [2.75, 3.05) is 19.4 Å². The summed E-state index contributed by atoms with van der Waals surface area (Å²) in [5.74, 6) is 1.47. The normalized spacial score (nSPS) is 12.2. The molecule has 0 bridgehead atoms. The molecule has 0 saturated carbocycles. The third-order valence-corrected chi connectivity index (χ3v) is 4.36. The molecule has 1 N–H and O–H groups in total. The van der Waals surface area contributed by atoms with Crippen LogP contribution >= 0.6 is 0 Å². The Morgan fingerprint density at radius 1 is 1.25 bits per heavy atom. The van der Waals surface area contributed by atoms with Crippen molar-refractivity contribution in [2.24, 2.45) is 5.92 Å². The van der Waals surface area contributed by atoms with Crippen molar-refractivity contribution in [1.29, 1.82) is 0 Å². The van der Waals surface area contributed by atoms with Crippen LogP contribution in [0.25, 0.3) is 0 Å². The highest BCUT2D eigenvalue weighted by molar-refractivity contribution is 7.85. The maximum atomic E-state index is 12.0. The molecule has 0 saturated heterocycles. The second-order valence-electron chi connectivity index (χ2n) is 4.88. The van der Waals surface area contributed by atoms with Gasteiger partial charge in [0.15, 0.2) is 0 Å². The summed E-state index contributed by atoms with van der Waals surface area (Å²) in [5, 5.41) is 2.86. The Hall–Kier alpha value is -1.36. The van der Waals surface area contributed by atoms with Gasteiger partial charge in [0.2, 0.25) is 5.91 Å². The molecule has 0 aromatic heterocycles. The highest BCUT2D eigenvalue weighted by atomic mass is 32.2. The summed E-state index contributed by atoms with van der Waals surface area (Å²) in [5.41, 5.74) is 0. The number of carbonyl (C=O) groups excluding carboxylic acids is 1. The molecule has 5 heteroatoms. The zero-order chi connectivity index (χ0) is 15.0. The lowest BCUT2D eigenvalue weighted by atomic mass is 10.2. The molecule has 0 fully saturated rings. The van der Waals surface area contributed by atoms with Crippen molar-refractivity contribution in [3.05, 3.63) is 24.3 Å². The Morgan fingerprint density at radius 3 is 2.45 bits per heavy atom. The molecule has 20 heavy (non-hydrogen) atoms. The highest BCUT2D eigenvalue weighted by Gasteiger charge is 2.06. The van der Waals surface area contributed by atoms with Gasteiger partial charge in [0.25, 0.3) is 0 Å². The number of carbonyl (C=O) groups is 1. The van der Waals surface area contributed by atoms with Crippen LogP contribution in [0, 0.1) is 5.92 Å². The summed E-state index contributed by atoms with van der Waals surface area (Å²) < 4.78 is 17.1. The maximum Gasteiger partial charge on any atom is 0.222 e. The van der Waals surface area contributed by atoms with Crippen molar-refractivity contribution in [1.82, 2.24) is 5.32 Å². The Morgan fingerprint density at radius 2 is 1.90 bits per heavy atom. The van der Waals surface area contributed by atoms with Crippen LogP contribution in [0.5, 0.6) is 5.75 Å². The second-order valence-corrected chi connectivity index (χ2v) is 6.45.